The molecule has 2 aliphatic rings. The molecule has 6 unspecified atom stereocenters. The molecule has 2 aliphatic carbocycles. The van der Waals surface area contributed by atoms with Crippen LogP contribution >= 0.6 is 0 Å². The van der Waals surface area contributed by atoms with Crippen molar-refractivity contribution in [3.05, 3.63) is 0 Å². The summed E-state index contributed by atoms with van der Waals surface area (Å²) in [4.78, 5) is 0. The van der Waals surface area contributed by atoms with Crippen molar-refractivity contribution in [2.24, 2.45) is 29.6 Å². The minimum atomic E-state index is 0.805. The highest BCUT2D eigenvalue weighted by Gasteiger charge is 2.39. The normalized spacial score (nSPS) is 47.3. The van der Waals surface area contributed by atoms with Gasteiger partial charge < -0.3 is 5.32 Å². The Kier molecular flexibility index (Phi) is 4.52. The topological polar surface area (TPSA) is 12.0 Å². The predicted octanol–water partition coefficient (Wildman–Crippen LogP) is 4.08. The second kappa shape index (κ2) is 5.73. The highest BCUT2D eigenvalue weighted by atomic mass is 14.9. The van der Waals surface area contributed by atoms with E-state index >= 15 is 0 Å². The third-order valence-electron chi connectivity index (χ3n) is 5.83. The molecule has 0 aromatic heterocycles. The fourth-order valence-corrected chi connectivity index (χ4v) is 4.39. The van der Waals surface area contributed by atoms with Crippen molar-refractivity contribution >= 4 is 0 Å². The number of hydrogen-bond donors (Lipinski definition) is 1. The number of nitrogens with one attached hydrogen (secondary N) is 1. The number of hydrogen-bond acceptors (Lipinski definition) is 1. The average Bonchev–Trinajstić information content (AvgIpc) is 2.66. The molecule has 0 saturated heterocycles. The summed E-state index contributed by atoms with van der Waals surface area (Å²) < 4.78 is 0. The minimum Gasteiger partial charge on any atom is -0.314 e. The van der Waals surface area contributed by atoms with E-state index in [0.717, 1.165) is 42.2 Å². The maximum Gasteiger partial charge on any atom is 0.00954 e. The Morgan fingerprint density at radius 2 is 1.71 bits per heavy atom. The molecule has 0 radical (unpaired) electrons. The van der Waals surface area contributed by atoms with Gasteiger partial charge in [0.15, 0.2) is 0 Å². The first-order valence-corrected chi connectivity index (χ1v) is 7.86. The monoisotopic (exact) mass is 237 g/mol. The highest BCUT2D eigenvalue weighted by Crippen LogP contribution is 2.45. The molecule has 0 heterocycles. The van der Waals surface area contributed by atoms with E-state index in [4.69, 9.17) is 0 Å². The summed E-state index contributed by atoms with van der Waals surface area (Å²) in [6, 6.07) is 0.805. The van der Waals surface area contributed by atoms with Crippen LogP contribution in [0.5, 0.6) is 0 Å². The molecule has 2 fully saturated rings. The Hall–Kier alpha value is -0.0400. The Morgan fingerprint density at radius 3 is 2.35 bits per heavy atom. The summed E-state index contributed by atoms with van der Waals surface area (Å²) >= 11 is 0. The van der Waals surface area contributed by atoms with Gasteiger partial charge in [0, 0.05) is 6.04 Å². The van der Waals surface area contributed by atoms with Gasteiger partial charge in [-0.1, -0.05) is 34.1 Å². The summed E-state index contributed by atoms with van der Waals surface area (Å²) in [5, 5.41) is 3.68. The van der Waals surface area contributed by atoms with E-state index in [1.165, 1.54) is 32.1 Å². The second-order valence-corrected chi connectivity index (χ2v) is 6.79. The van der Waals surface area contributed by atoms with Gasteiger partial charge in [-0.25, -0.2) is 0 Å². The fourth-order valence-electron chi connectivity index (χ4n) is 4.39. The molecule has 6 atom stereocenters. The first-order chi connectivity index (χ1) is 8.13. The largest absolute Gasteiger partial charge is 0.314 e. The van der Waals surface area contributed by atoms with Crippen molar-refractivity contribution in [1.82, 2.24) is 5.32 Å². The van der Waals surface area contributed by atoms with Crippen LogP contribution in [0.4, 0.5) is 0 Å². The van der Waals surface area contributed by atoms with E-state index in [-0.39, 0.29) is 0 Å². The molecule has 1 heteroatoms. The van der Waals surface area contributed by atoms with Crippen LogP contribution in [-0.2, 0) is 0 Å². The predicted molar refractivity (Wildman–Crippen MR) is 75.0 cm³/mol. The van der Waals surface area contributed by atoms with Crippen molar-refractivity contribution in [3.63, 3.8) is 0 Å². The van der Waals surface area contributed by atoms with E-state index in [1.54, 1.807) is 0 Å². The molecule has 0 spiro atoms. The maximum atomic E-state index is 3.68. The molecule has 0 amide bonds. The lowest BCUT2D eigenvalue weighted by Gasteiger charge is -2.37. The maximum absolute atomic E-state index is 3.68. The summed E-state index contributed by atoms with van der Waals surface area (Å²) in [5.41, 5.74) is 0. The van der Waals surface area contributed by atoms with Crippen molar-refractivity contribution in [3.8, 4) is 0 Å². The van der Waals surface area contributed by atoms with Crippen molar-refractivity contribution < 1.29 is 0 Å². The van der Waals surface area contributed by atoms with Gasteiger partial charge in [-0.15, -0.1) is 0 Å². The second-order valence-electron chi connectivity index (χ2n) is 6.79. The van der Waals surface area contributed by atoms with Gasteiger partial charge >= 0.3 is 0 Å². The Labute approximate surface area is 108 Å². The van der Waals surface area contributed by atoms with Gasteiger partial charge in [0.2, 0.25) is 0 Å². The Balaban J connectivity index is 1.91. The molecule has 0 aromatic carbocycles. The summed E-state index contributed by atoms with van der Waals surface area (Å²) in [7, 11) is 0. The molecular weight excluding hydrogens is 206 g/mol. The van der Waals surface area contributed by atoms with E-state index in [1.807, 2.05) is 0 Å². The molecule has 2 rings (SSSR count). The quantitative estimate of drug-likeness (QED) is 0.780. The third kappa shape index (κ3) is 2.86. The van der Waals surface area contributed by atoms with Crippen LogP contribution in [0, 0.1) is 29.6 Å². The van der Waals surface area contributed by atoms with Gasteiger partial charge in [-0.05, 0) is 61.8 Å². The number of rotatable bonds is 3. The molecule has 0 aliphatic heterocycles. The standard InChI is InChI=1S/C16H31N/c1-5-17-16-9-8-15(13(16)4)14-7-6-11(2)12(3)10-14/h11-17H,5-10H2,1-4H3. The molecule has 17 heavy (non-hydrogen) atoms. The average molecular weight is 237 g/mol. The SMILES string of the molecule is CCNC1CCC(C2CCC(C)C(C)C2)C1C. The molecule has 0 aromatic rings. The van der Waals surface area contributed by atoms with Gasteiger partial charge in [0.25, 0.3) is 0 Å². The fraction of sp³-hybridized carbons (Fsp3) is 1.00. The Bertz CT molecular complexity index is 238. The third-order valence-corrected chi connectivity index (χ3v) is 5.83. The first-order valence-electron chi connectivity index (χ1n) is 7.86. The summed E-state index contributed by atoms with van der Waals surface area (Å²) in [5.74, 6) is 4.86. The zero-order valence-electron chi connectivity index (χ0n) is 12.2. The van der Waals surface area contributed by atoms with E-state index < -0.39 is 0 Å². The van der Waals surface area contributed by atoms with Crippen LogP contribution in [-0.4, -0.2) is 12.6 Å². The zero-order valence-corrected chi connectivity index (χ0v) is 12.2. The first kappa shape index (κ1) is 13.4. The van der Waals surface area contributed by atoms with E-state index in [9.17, 15) is 0 Å². The summed E-state index contributed by atoms with van der Waals surface area (Å²) in [6.45, 7) is 10.8. The van der Waals surface area contributed by atoms with Gasteiger partial charge in [-0.2, -0.15) is 0 Å². The van der Waals surface area contributed by atoms with Crippen molar-refractivity contribution in [2.75, 3.05) is 6.54 Å². The van der Waals surface area contributed by atoms with Crippen LogP contribution in [0.3, 0.4) is 0 Å². The van der Waals surface area contributed by atoms with E-state index in [2.05, 4.69) is 33.0 Å². The molecule has 1 nitrogen and oxygen atoms in total. The smallest absolute Gasteiger partial charge is 0.00954 e. The molecular formula is C16H31N. The van der Waals surface area contributed by atoms with Gasteiger partial charge in [0.1, 0.15) is 0 Å². The van der Waals surface area contributed by atoms with Gasteiger partial charge in [-0.3, -0.25) is 0 Å². The van der Waals surface area contributed by atoms with Crippen molar-refractivity contribution in [2.45, 2.75) is 65.8 Å². The van der Waals surface area contributed by atoms with Crippen LogP contribution in [0.2, 0.25) is 0 Å². The highest BCUT2D eigenvalue weighted by molar-refractivity contribution is 4.92. The van der Waals surface area contributed by atoms with Crippen LogP contribution in [0.25, 0.3) is 0 Å². The lowest BCUT2D eigenvalue weighted by molar-refractivity contribution is 0.133. The molecule has 0 bridgehead atoms. The minimum absolute atomic E-state index is 0.805. The molecule has 1 N–H and O–H groups in total. The van der Waals surface area contributed by atoms with Crippen LogP contribution in [0.1, 0.15) is 59.8 Å². The van der Waals surface area contributed by atoms with Crippen molar-refractivity contribution in [1.29, 1.82) is 0 Å². The summed E-state index contributed by atoms with van der Waals surface area (Å²) in [6.07, 6.45) is 7.36. The van der Waals surface area contributed by atoms with Crippen LogP contribution < -0.4 is 5.32 Å². The van der Waals surface area contributed by atoms with Crippen LogP contribution in [0.15, 0.2) is 0 Å². The molecule has 100 valence electrons. The lowest BCUT2D eigenvalue weighted by atomic mass is 9.69. The van der Waals surface area contributed by atoms with E-state index in [0.29, 0.717) is 0 Å². The lowest BCUT2D eigenvalue weighted by Crippen LogP contribution is -2.35. The Morgan fingerprint density at radius 1 is 0.941 bits per heavy atom. The molecule has 2 saturated carbocycles. The zero-order chi connectivity index (χ0) is 12.4. The van der Waals surface area contributed by atoms with Gasteiger partial charge in [0.05, 0.1) is 0 Å².